The third-order valence-corrected chi connectivity index (χ3v) is 1.19. The molecule has 1 heterocycles. The number of nitrogens with zero attached hydrogens (tertiary/aromatic N) is 1. The molecule has 4 nitrogen and oxygen atoms in total. The van der Waals surface area contributed by atoms with Crippen LogP contribution in [0.5, 0.6) is 0 Å². The quantitative estimate of drug-likeness (QED) is 0.661. The summed E-state index contributed by atoms with van der Waals surface area (Å²) in [5.74, 6) is 0. The molecular formula is C7H13N3O. The number of primary amides is 1. The summed E-state index contributed by atoms with van der Waals surface area (Å²) in [6.07, 6.45) is 3.35. The van der Waals surface area contributed by atoms with Crippen molar-refractivity contribution < 1.29 is 7.65 Å². The summed E-state index contributed by atoms with van der Waals surface area (Å²) in [4.78, 5) is 14.1. The predicted molar refractivity (Wildman–Crippen MR) is 44.9 cm³/mol. The normalized spacial score (nSPS) is 9.09. The standard InChI is InChI=1S/C7H9N3O.2H2/c8-7(11)10-5-6-2-1-3-9-4-6;;/h1-4H,5H2,(H3,8,10,11);2*1H. The SMILES string of the molecule is NC(=O)NCc1cccnc1.[HH].[HH]. The Labute approximate surface area is 67.4 Å². The second-order valence-corrected chi connectivity index (χ2v) is 2.08. The van der Waals surface area contributed by atoms with Gasteiger partial charge in [-0.15, -0.1) is 0 Å². The van der Waals surface area contributed by atoms with Crippen LogP contribution in [0.2, 0.25) is 0 Å². The number of urea groups is 1. The minimum absolute atomic E-state index is 0. The summed E-state index contributed by atoms with van der Waals surface area (Å²) in [7, 11) is 0. The molecule has 0 fully saturated rings. The maximum Gasteiger partial charge on any atom is 0.312 e. The summed E-state index contributed by atoms with van der Waals surface area (Å²) in [6, 6.07) is 3.15. The number of nitrogens with two attached hydrogens (primary N) is 1. The van der Waals surface area contributed by atoms with Crippen molar-refractivity contribution in [3.05, 3.63) is 30.1 Å². The first-order valence-corrected chi connectivity index (χ1v) is 3.21. The van der Waals surface area contributed by atoms with Crippen LogP contribution >= 0.6 is 0 Å². The Morgan fingerprint density at radius 1 is 1.82 bits per heavy atom. The number of aromatic nitrogens is 1. The van der Waals surface area contributed by atoms with E-state index in [9.17, 15) is 4.79 Å². The molecule has 3 N–H and O–H groups in total. The van der Waals surface area contributed by atoms with E-state index in [4.69, 9.17) is 5.73 Å². The molecule has 0 bridgehead atoms. The fraction of sp³-hybridized carbons (Fsp3) is 0.143. The van der Waals surface area contributed by atoms with Crippen LogP contribution in [0.1, 0.15) is 8.42 Å². The minimum atomic E-state index is -0.520. The minimum Gasteiger partial charge on any atom is -0.352 e. The lowest BCUT2D eigenvalue weighted by Crippen LogP contribution is -2.28. The first-order valence-electron chi connectivity index (χ1n) is 3.21. The highest BCUT2D eigenvalue weighted by atomic mass is 16.2. The number of pyridine rings is 1. The lowest BCUT2D eigenvalue weighted by Gasteiger charge is -1.99. The first kappa shape index (κ1) is 7.53. The third-order valence-electron chi connectivity index (χ3n) is 1.19. The van der Waals surface area contributed by atoms with Gasteiger partial charge in [0.1, 0.15) is 0 Å². The van der Waals surface area contributed by atoms with Crippen LogP contribution in [-0.4, -0.2) is 11.0 Å². The molecule has 11 heavy (non-hydrogen) atoms. The number of amides is 2. The maximum absolute atomic E-state index is 10.3. The van der Waals surface area contributed by atoms with Gasteiger partial charge in [-0.3, -0.25) is 4.98 Å². The lowest BCUT2D eigenvalue weighted by atomic mass is 10.3. The van der Waals surface area contributed by atoms with Gasteiger partial charge in [-0.1, -0.05) is 6.07 Å². The second kappa shape index (κ2) is 3.55. The second-order valence-electron chi connectivity index (χ2n) is 2.08. The van der Waals surface area contributed by atoms with Gasteiger partial charge in [0.15, 0.2) is 0 Å². The Kier molecular flexibility index (Phi) is 2.43. The zero-order valence-corrected chi connectivity index (χ0v) is 5.95. The molecule has 0 radical (unpaired) electrons. The molecule has 0 saturated carbocycles. The van der Waals surface area contributed by atoms with E-state index in [1.807, 2.05) is 6.07 Å². The van der Waals surface area contributed by atoms with E-state index in [-0.39, 0.29) is 2.85 Å². The molecule has 2 amide bonds. The molecule has 0 atom stereocenters. The fourth-order valence-corrected chi connectivity index (χ4v) is 0.692. The van der Waals surface area contributed by atoms with E-state index in [0.29, 0.717) is 6.54 Å². The maximum atomic E-state index is 10.3. The van der Waals surface area contributed by atoms with Crippen molar-refractivity contribution in [1.82, 2.24) is 10.3 Å². The number of nitrogens with one attached hydrogen (secondary N) is 1. The van der Waals surface area contributed by atoms with Crippen LogP contribution < -0.4 is 11.1 Å². The van der Waals surface area contributed by atoms with Crippen LogP contribution in [0, 0.1) is 0 Å². The van der Waals surface area contributed by atoms with Crippen LogP contribution in [0.15, 0.2) is 24.5 Å². The smallest absolute Gasteiger partial charge is 0.312 e. The monoisotopic (exact) mass is 155 g/mol. The molecule has 0 saturated heterocycles. The average molecular weight is 155 g/mol. The number of carbonyl (C=O) groups is 1. The van der Waals surface area contributed by atoms with Gasteiger partial charge >= 0.3 is 6.03 Å². The van der Waals surface area contributed by atoms with E-state index < -0.39 is 6.03 Å². The lowest BCUT2D eigenvalue weighted by molar-refractivity contribution is 0.248. The molecule has 0 spiro atoms. The zero-order valence-electron chi connectivity index (χ0n) is 5.95. The topological polar surface area (TPSA) is 68.0 Å². The summed E-state index contributed by atoms with van der Waals surface area (Å²) in [5.41, 5.74) is 5.81. The molecule has 0 aliphatic rings. The number of hydrogen-bond donors (Lipinski definition) is 2. The molecule has 0 aliphatic carbocycles. The van der Waals surface area contributed by atoms with Crippen LogP contribution in [0.25, 0.3) is 0 Å². The van der Waals surface area contributed by atoms with Crippen molar-refractivity contribution in [2.75, 3.05) is 0 Å². The average Bonchev–Trinajstić information content (AvgIpc) is 2.03. The van der Waals surface area contributed by atoms with Gasteiger partial charge in [0.2, 0.25) is 0 Å². The van der Waals surface area contributed by atoms with Gasteiger partial charge in [0.25, 0.3) is 0 Å². The van der Waals surface area contributed by atoms with Gasteiger partial charge in [0.05, 0.1) is 0 Å². The van der Waals surface area contributed by atoms with Crippen molar-refractivity contribution >= 4 is 6.03 Å². The Balaban J connectivity index is 0. The largest absolute Gasteiger partial charge is 0.352 e. The molecule has 0 unspecified atom stereocenters. The Hall–Kier alpha value is -1.58. The summed E-state index contributed by atoms with van der Waals surface area (Å²) in [5, 5.41) is 2.46. The molecule has 1 rings (SSSR count). The predicted octanol–water partition coefficient (Wildman–Crippen LogP) is 0.742. The van der Waals surface area contributed by atoms with Crippen molar-refractivity contribution in [1.29, 1.82) is 0 Å². The summed E-state index contributed by atoms with van der Waals surface area (Å²) >= 11 is 0. The number of rotatable bonds is 2. The highest BCUT2D eigenvalue weighted by Crippen LogP contribution is 1.93. The number of carbonyl (C=O) groups excluding carboxylic acids is 1. The summed E-state index contributed by atoms with van der Waals surface area (Å²) in [6.45, 7) is 0.434. The zero-order chi connectivity index (χ0) is 8.10. The number of hydrogen-bond acceptors (Lipinski definition) is 2. The van der Waals surface area contributed by atoms with Crippen LogP contribution in [0.3, 0.4) is 0 Å². The Morgan fingerprint density at radius 3 is 3.18 bits per heavy atom. The molecule has 4 heteroatoms. The molecular weight excluding hydrogens is 142 g/mol. The van der Waals surface area contributed by atoms with Crippen molar-refractivity contribution in [2.24, 2.45) is 5.73 Å². The first-order chi connectivity index (χ1) is 5.29. The highest BCUT2D eigenvalue weighted by molar-refractivity contribution is 5.71. The van der Waals surface area contributed by atoms with Crippen molar-refractivity contribution in [3.8, 4) is 0 Å². The Morgan fingerprint density at radius 2 is 2.64 bits per heavy atom. The van der Waals surface area contributed by atoms with Gasteiger partial charge in [-0.2, -0.15) is 0 Å². The van der Waals surface area contributed by atoms with Crippen molar-refractivity contribution in [2.45, 2.75) is 6.54 Å². The molecule has 62 valence electrons. The molecule has 0 aromatic carbocycles. The molecule has 1 aromatic heterocycles. The van der Waals surface area contributed by atoms with Gasteiger partial charge in [-0.25, -0.2) is 4.79 Å². The van der Waals surface area contributed by atoms with E-state index in [1.165, 1.54) is 0 Å². The van der Waals surface area contributed by atoms with Gasteiger partial charge in [-0.05, 0) is 11.6 Å². The van der Waals surface area contributed by atoms with Gasteiger partial charge in [0, 0.05) is 21.8 Å². The van der Waals surface area contributed by atoms with Gasteiger partial charge < -0.3 is 11.1 Å². The van der Waals surface area contributed by atoms with Crippen LogP contribution in [-0.2, 0) is 6.54 Å². The molecule has 1 aromatic rings. The fourth-order valence-electron chi connectivity index (χ4n) is 0.692. The van der Waals surface area contributed by atoms with E-state index in [2.05, 4.69) is 10.3 Å². The third kappa shape index (κ3) is 2.66. The Bertz CT molecular complexity index is 243. The summed E-state index contributed by atoms with van der Waals surface area (Å²) < 4.78 is 0. The van der Waals surface area contributed by atoms with Crippen LogP contribution in [0.4, 0.5) is 4.79 Å². The van der Waals surface area contributed by atoms with E-state index >= 15 is 0 Å². The van der Waals surface area contributed by atoms with E-state index in [0.717, 1.165) is 5.56 Å². The van der Waals surface area contributed by atoms with Crippen molar-refractivity contribution in [3.63, 3.8) is 0 Å². The van der Waals surface area contributed by atoms with E-state index in [1.54, 1.807) is 18.5 Å². The highest BCUT2D eigenvalue weighted by Gasteiger charge is 1.92. The molecule has 0 aliphatic heterocycles.